The summed E-state index contributed by atoms with van der Waals surface area (Å²) in [5.74, 6) is 0.465. The predicted molar refractivity (Wildman–Crippen MR) is 95.0 cm³/mol. The molecule has 3 N–H and O–H groups in total. The van der Waals surface area contributed by atoms with E-state index >= 15 is 0 Å². The van der Waals surface area contributed by atoms with Crippen molar-refractivity contribution in [1.82, 2.24) is 16.0 Å². The molecule has 134 valence electrons. The maximum atomic E-state index is 11.6. The van der Waals surface area contributed by atoms with Crippen LogP contribution in [0.2, 0.25) is 0 Å². The topological polar surface area (TPSA) is 84.0 Å². The average molecular weight is 336 g/mol. The second-order valence-corrected chi connectivity index (χ2v) is 5.00. The van der Waals surface area contributed by atoms with Crippen LogP contribution in [-0.2, 0) is 20.9 Å². The van der Waals surface area contributed by atoms with Gasteiger partial charge >= 0.3 is 0 Å². The van der Waals surface area contributed by atoms with Crippen molar-refractivity contribution in [3.05, 3.63) is 35.9 Å². The third-order valence-electron chi connectivity index (χ3n) is 3.00. The Labute approximate surface area is 143 Å². The van der Waals surface area contributed by atoms with Crippen LogP contribution in [0.4, 0.5) is 0 Å². The van der Waals surface area contributed by atoms with Crippen LogP contribution in [0, 0.1) is 0 Å². The lowest BCUT2D eigenvalue weighted by Gasteiger charge is -2.11. The molecule has 1 rings (SSSR count). The van der Waals surface area contributed by atoms with Crippen LogP contribution in [0.25, 0.3) is 0 Å². The fourth-order valence-corrected chi connectivity index (χ4v) is 1.85. The lowest BCUT2D eigenvalue weighted by atomic mass is 10.2. The summed E-state index contributed by atoms with van der Waals surface area (Å²) >= 11 is 0. The molecule has 1 aromatic rings. The highest BCUT2D eigenvalue weighted by Gasteiger charge is 2.01. The van der Waals surface area contributed by atoms with E-state index in [2.05, 4.69) is 20.9 Å². The monoisotopic (exact) mass is 336 g/mol. The molecule has 7 nitrogen and oxygen atoms in total. The maximum absolute atomic E-state index is 11.6. The summed E-state index contributed by atoms with van der Waals surface area (Å²) < 4.78 is 10.5. The summed E-state index contributed by atoms with van der Waals surface area (Å²) in [6, 6.07) is 10.0. The van der Waals surface area contributed by atoms with Gasteiger partial charge in [0.1, 0.15) is 6.54 Å². The van der Waals surface area contributed by atoms with E-state index in [4.69, 9.17) is 9.47 Å². The van der Waals surface area contributed by atoms with Crippen molar-refractivity contribution >= 4 is 11.9 Å². The van der Waals surface area contributed by atoms with Crippen LogP contribution < -0.4 is 16.0 Å². The number of carbonyl (C=O) groups excluding carboxylic acids is 1. The SMILES string of the molecule is CCNC(=NCC(=O)NCCOC)NCCOCc1ccccc1. The van der Waals surface area contributed by atoms with Crippen LogP contribution in [-0.4, -0.2) is 58.4 Å². The van der Waals surface area contributed by atoms with Crippen molar-refractivity contribution in [2.45, 2.75) is 13.5 Å². The van der Waals surface area contributed by atoms with Crippen molar-refractivity contribution < 1.29 is 14.3 Å². The van der Waals surface area contributed by atoms with Gasteiger partial charge in [-0.15, -0.1) is 0 Å². The van der Waals surface area contributed by atoms with Crippen LogP contribution >= 0.6 is 0 Å². The molecule has 0 atom stereocenters. The molecule has 24 heavy (non-hydrogen) atoms. The van der Waals surface area contributed by atoms with Gasteiger partial charge in [0.05, 0.1) is 19.8 Å². The fourth-order valence-electron chi connectivity index (χ4n) is 1.85. The van der Waals surface area contributed by atoms with Gasteiger partial charge in [0, 0.05) is 26.7 Å². The Morgan fingerprint density at radius 1 is 1.08 bits per heavy atom. The van der Waals surface area contributed by atoms with Crippen molar-refractivity contribution in [2.75, 3.05) is 46.5 Å². The lowest BCUT2D eigenvalue weighted by Crippen LogP contribution is -2.40. The fraction of sp³-hybridized carbons (Fsp3) is 0.529. The van der Waals surface area contributed by atoms with Crippen molar-refractivity contribution in [3.8, 4) is 0 Å². The Kier molecular flexibility index (Phi) is 11.1. The number of methoxy groups -OCH3 is 1. The molecule has 7 heteroatoms. The molecule has 0 spiro atoms. The van der Waals surface area contributed by atoms with Gasteiger partial charge in [-0.1, -0.05) is 30.3 Å². The predicted octanol–water partition coefficient (Wildman–Crippen LogP) is 0.521. The molecular weight excluding hydrogens is 308 g/mol. The van der Waals surface area contributed by atoms with Gasteiger partial charge in [-0.05, 0) is 12.5 Å². The molecule has 0 radical (unpaired) electrons. The first-order valence-corrected chi connectivity index (χ1v) is 8.15. The molecule has 1 amide bonds. The molecular formula is C17H28N4O3. The number of hydrogen-bond acceptors (Lipinski definition) is 4. The molecule has 0 aliphatic carbocycles. The summed E-state index contributed by atoms with van der Waals surface area (Å²) in [6.45, 7) is 5.50. The van der Waals surface area contributed by atoms with Crippen LogP contribution in [0.3, 0.4) is 0 Å². The first-order chi connectivity index (χ1) is 11.8. The zero-order valence-corrected chi connectivity index (χ0v) is 14.5. The molecule has 0 saturated carbocycles. The van der Waals surface area contributed by atoms with Gasteiger partial charge in [-0.25, -0.2) is 4.99 Å². The zero-order valence-electron chi connectivity index (χ0n) is 14.5. The number of guanidine groups is 1. The van der Waals surface area contributed by atoms with Gasteiger partial charge in [-0.2, -0.15) is 0 Å². The van der Waals surface area contributed by atoms with Crippen molar-refractivity contribution in [3.63, 3.8) is 0 Å². The number of ether oxygens (including phenoxy) is 2. The highest BCUT2D eigenvalue weighted by Crippen LogP contribution is 1.99. The van der Waals surface area contributed by atoms with Crippen molar-refractivity contribution in [1.29, 1.82) is 0 Å². The molecule has 1 aromatic carbocycles. The summed E-state index contributed by atoms with van der Waals surface area (Å²) in [4.78, 5) is 15.8. The second-order valence-electron chi connectivity index (χ2n) is 5.00. The summed E-state index contributed by atoms with van der Waals surface area (Å²) in [6.07, 6.45) is 0. The second kappa shape index (κ2) is 13.3. The largest absolute Gasteiger partial charge is 0.383 e. The number of aliphatic imine (C=N–C) groups is 1. The number of rotatable bonds is 11. The molecule has 0 fully saturated rings. The molecule has 0 heterocycles. The minimum atomic E-state index is -0.135. The molecule has 0 unspecified atom stereocenters. The highest BCUT2D eigenvalue weighted by atomic mass is 16.5. The summed E-state index contributed by atoms with van der Waals surface area (Å²) in [5.41, 5.74) is 1.14. The van der Waals surface area contributed by atoms with E-state index in [-0.39, 0.29) is 12.5 Å². The van der Waals surface area contributed by atoms with E-state index in [1.807, 2.05) is 37.3 Å². The quantitative estimate of drug-likeness (QED) is 0.312. The number of amides is 1. The van der Waals surface area contributed by atoms with E-state index in [1.165, 1.54) is 0 Å². The van der Waals surface area contributed by atoms with E-state index in [9.17, 15) is 4.79 Å². The maximum Gasteiger partial charge on any atom is 0.241 e. The van der Waals surface area contributed by atoms with Crippen molar-refractivity contribution in [2.24, 2.45) is 4.99 Å². The first-order valence-electron chi connectivity index (χ1n) is 8.15. The third kappa shape index (κ3) is 9.81. The van der Waals surface area contributed by atoms with Gasteiger partial charge in [-0.3, -0.25) is 4.79 Å². The molecule has 0 aliphatic heterocycles. The van der Waals surface area contributed by atoms with Gasteiger partial charge < -0.3 is 25.4 Å². The normalized spacial score (nSPS) is 11.2. The molecule has 0 saturated heterocycles. The van der Waals surface area contributed by atoms with E-state index in [0.29, 0.717) is 38.9 Å². The smallest absolute Gasteiger partial charge is 0.241 e. The Bertz CT molecular complexity index is 480. The Hall–Kier alpha value is -2.12. The number of benzene rings is 1. The lowest BCUT2D eigenvalue weighted by molar-refractivity contribution is -0.119. The molecule has 0 aromatic heterocycles. The summed E-state index contributed by atoms with van der Waals surface area (Å²) in [7, 11) is 1.59. The van der Waals surface area contributed by atoms with Gasteiger partial charge in [0.25, 0.3) is 0 Å². The van der Waals surface area contributed by atoms with Crippen LogP contribution in [0.5, 0.6) is 0 Å². The first kappa shape index (κ1) is 19.9. The number of nitrogens with one attached hydrogen (secondary N) is 3. The van der Waals surface area contributed by atoms with Crippen LogP contribution in [0.15, 0.2) is 35.3 Å². The number of carbonyl (C=O) groups is 1. The van der Waals surface area contributed by atoms with Crippen LogP contribution in [0.1, 0.15) is 12.5 Å². The van der Waals surface area contributed by atoms with Gasteiger partial charge in [0.15, 0.2) is 5.96 Å². The van der Waals surface area contributed by atoms with E-state index in [1.54, 1.807) is 7.11 Å². The minimum absolute atomic E-state index is 0.0733. The Morgan fingerprint density at radius 3 is 2.54 bits per heavy atom. The number of nitrogens with zero attached hydrogens (tertiary/aromatic N) is 1. The van der Waals surface area contributed by atoms with Gasteiger partial charge in [0.2, 0.25) is 5.91 Å². The number of hydrogen-bond donors (Lipinski definition) is 3. The van der Waals surface area contributed by atoms with E-state index < -0.39 is 0 Å². The highest BCUT2D eigenvalue weighted by molar-refractivity contribution is 5.84. The van der Waals surface area contributed by atoms with E-state index in [0.717, 1.165) is 12.1 Å². The molecule has 0 aliphatic rings. The zero-order chi connectivity index (χ0) is 17.5. The third-order valence-corrected chi connectivity index (χ3v) is 3.00. The standard InChI is InChI=1S/C17H28N4O3/c1-3-18-17(21-13-16(22)19-9-11-23-2)20-10-12-24-14-15-7-5-4-6-8-15/h4-8H,3,9-14H2,1-2H3,(H,19,22)(H2,18,20,21). The molecule has 0 bridgehead atoms. The average Bonchev–Trinajstić information content (AvgIpc) is 2.60. The Balaban J connectivity index is 2.21. The minimum Gasteiger partial charge on any atom is -0.383 e. The Morgan fingerprint density at radius 2 is 1.83 bits per heavy atom. The summed E-state index contributed by atoms with van der Waals surface area (Å²) in [5, 5.41) is 8.96.